The molecule has 1 aromatic heterocycles. The minimum Gasteiger partial charge on any atom is -0.350 e. The normalized spacial score (nSPS) is 14.1. The van der Waals surface area contributed by atoms with E-state index in [1.165, 1.54) is 54.6 Å². The maximum atomic E-state index is 12.9. The van der Waals surface area contributed by atoms with E-state index in [1.807, 2.05) is 0 Å². The first-order valence-electron chi connectivity index (χ1n) is 9.19. The molecule has 0 saturated heterocycles. The maximum Gasteiger partial charge on any atom is 0.283 e. The molecule has 3 aromatic rings. The topological polar surface area (TPSA) is 121 Å². The van der Waals surface area contributed by atoms with Crippen LogP contribution in [-0.2, 0) is 19.6 Å². The highest BCUT2D eigenvalue weighted by Gasteiger charge is 2.39. The molecule has 0 bridgehead atoms. The zero-order valence-corrected chi connectivity index (χ0v) is 20.4. The Balaban J connectivity index is 1.53. The molecule has 0 radical (unpaired) electrons. The summed E-state index contributed by atoms with van der Waals surface area (Å²) in [7, 11) is -3.97. The van der Waals surface area contributed by atoms with E-state index in [1.54, 1.807) is 0 Å². The van der Waals surface area contributed by atoms with Crippen molar-refractivity contribution in [2.75, 3.05) is 14.9 Å². The van der Waals surface area contributed by atoms with Crippen LogP contribution in [-0.4, -0.2) is 30.4 Å². The molecule has 0 spiro atoms. The van der Waals surface area contributed by atoms with Gasteiger partial charge >= 0.3 is 0 Å². The van der Waals surface area contributed by atoms with E-state index < -0.39 is 21.8 Å². The largest absolute Gasteiger partial charge is 0.350 e. The van der Waals surface area contributed by atoms with Crippen LogP contribution in [0.15, 0.2) is 70.2 Å². The fourth-order valence-corrected chi connectivity index (χ4v) is 4.72. The Hall–Kier alpha value is -2.89. The predicted molar refractivity (Wildman–Crippen MR) is 130 cm³/mol. The number of hydrogen-bond donors (Lipinski definition) is 2. The first-order valence-corrected chi connectivity index (χ1v) is 12.2. The molecule has 0 saturated carbocycles. The minimum atomic E-state index is -3.97. The van der Waals surface area contributed by atoms with Gasteiger partial charge in [0.2, 0.25) is 0 Å². The zero-order chi connectivity index (χ0) is 24.6. The van der Waals surface area contributed by atoms with Crippen LogP contribution in [0.5, 0.6) is 0 Å². The van der Waals surface area contributed by atoms with Gasteiger partial charge in [0.15, 0.2) is 11.0 Å². The number of anilines is 3. The number of carbonyl (C=O) groups is 2. The van der Waals surface area contributed by atoms with Crippen LogP contribution >= 0.6 is 46.4 Å². The summed E-state index contributed by atoms with van der Waals surface area (Å²) < 4.78 is 27.4. The van der Waals surface area contributed by atoms with Crippen molar-refractivity contribution in [1.29, 1.82) is 0 Å². The number of benzene rings is 2. The molecule has 4 rings (SSSR count). The number of hydrogen-bond acceptors (Lipinski definition) is 7. The van der Waals surface area contributed by atoms with Crippen molar-refractivity contribution in [3.05, 3.63) is 80.5 Å². The van der Waals surface area contributed by atoms with E-state index >= 15 is 0 Å². The van der Waals surface area contributed by atoms with Gasteiger partial charge in [-0.3, -0.25) is 14.3 Å². The van der Waals surface area contributed by atoms with E-state index in [9.17, 15) is 18.0 Å². The number of carbonyl (C=O) groups excluding carboxylic acids is 2. The zero-order valence-electron chi connectivity index (χ0n) is 16.6. The summed E-state index contributed by atoms with van der Waals surface area (Å²) in [6.07, 6.45) is 0. The monoisotopic (exact) mass is 557 g/mol. The van der Waals surface area contributed by atoms with Gasteiger partial charge in [-0.15, -0.1) is 10.2 Å². The first kappa shape index (κ1) is 24.2. The van der Waals surface area contributed by atoms with Gasteiger partial charge < -0.3 is 5.32 Å². The number of nitrogens with one attached hydrogen (secondary N) is 2. The van der Waals surface area contributed by atoms with Gasteiger partial charge in [0.1, 0.15) is 10.7 Å². The summed E-state index contributed by atoms with van der Waals surface area (Å²) in [4.78, 5) is 26.2. The Morgan fingerprint density at radius 2 is 1.53 bits per heavy atom. The third kappa shape index (κ3) is 4.82. The number of halogens is 4. The summed E-state index contributed by atoms with van der Waals surface area (Å²) in [5.74, 6) is -1.52. The van der Waals surface area contributed by atoms with Crippen molar-refractivity contribution < 1.29 is 18.0 Å². The van der Waals surface area contributed by atoms with E-state index in [2.05, 4.69) is 20.2 Å². The van der Waals surface area contributed by atoms with Crippen LogP contribution in [0.25, 0.3) is 0 Å². The Morgan fingerprint density at radius 3 is 2.15 bits per heavy atom. The smallest absolute Gasteiger partial charge is 0.283 e. The second-order valence-electron chi connectivity index (χ2n) is 6.73. The molecule has 34 heavy (non-hydrogen) atoms. The molecule has 174 valence electrons. The second-order valence-corrected chi connectivity index (χ2v) is 10.0. The highest BCUT2D eigenvalue weighted by molar-refractivity contribution is 7.92. The summed E-state index contributed by atoms with van der Waals surface area (Å²) in [6.45, 7) is 0. The van der Waals surface area contributed by atoms with Crippen molar-refractivity contribution in [2.45, 2.75) is 4.90 Å². The van der Waals surface area contributed by atoms with Crippen molar-refractivity contribution >= 4 is 85.4 Å². The predicted octanol–water partition coefficient (Wildman–Crippen LogP) is 4.67. The fraction of sp³-hybridized carbons (Fsp3) is 0. The van der Waals surface area contributed by atoms with Crippen LogP contribution < -0.4 is 14.9 Å². The third-order valence-corrected chi connectivity index (χ3v) is 6.94. The van der Waals surface area contributed by atoms with E-state index in [4.69, 9.17) is 46.4 Å². The van der Waals surface area contributed by atoms with Crippen LogP contribution in [0.2, 0.25) is 15.2 Å². The lowest BCUT2D eigenvalue weighted by Crippen LogP contribution is -2.32. The minimum absolute atomic E-state index is 0.0143. The standard InChI is InChI=1S/C20H11Cl4N5O4S/c21-10-1-6-14(13(22)9-10)29-19(30)17(24)18(20(29)31)25-11-2-4-12(5-3-11)34(32,33)28-16-8-7-15(23)26-27-16/h1-9,25H,(H,27,28). The highest BCUT2D eigenvalue weighted by atomic mass is 35.5. The molecule has 0 fully saturated rings. The summed E-state index contributed by atoms with van der Waals surface area (Å²) in [5, 5.41) is 10.1. The molecule has 2 aromatic carbocycles. The van der Waals surface area contributed by atoms with Gasteiger partial charge in [-0.2, -0.15) is 0 Å². The molecule has 2 N–H and O–H groups in total. The van der Waals surface area contributed by atoms with Crippen LogP contribution in [0, 0.1) is 0 Å². The molecular formula is C20H11Cl4N5O4S. The summed E-state index contributed by atoms with van der Waals surface area (Å²) >= 11 is 23.8. The van der Waals surface area contributed by atoms with Crippen molar-refractivity contribution in [2.24, 2.45) is 0 Å². The fourth-order valence-electron chi connectivity index (χ4n) is 2.92. The van der Waals surface area contributed by atoms with Crippen LogP contribution in [0.4, 0.5) is 17.2 Å². The summed E-state index contributed by atoms with van der Waals surface area (Å²) in [6, 6.07) is 12.4. The Labute approximate surface area is 213 Å². The lowest BCUT2D eigenvalue weighted by molar-refractivity contribution is -0.120. The van der Waals surface area contributed by atoms with E-state index in [0.717, 1.165) is 4.90 Å². The molecule has 1 aliphatic heterocycles. The van der Waals surface area contributed by atoms with Crippen molar-refractivity contribution in [3.8, 4) is 0 Å². The molecule has 9 nitrogen and oxygen atoms in total. The van der Waals surface area contributed by atoms with Gasteiger partial charge in [0.05, 0.1) is 15.6 Å². The summed E-state index contributed by atoms with van der Waals surface area (Å²) in [5.41, 5.74) is 0.236. The number of nitrogens with zero attached hydrogens (tertiary/aromatic N) is 3. The molecule has 0 aliphatic carbocycles. The van der Waals surface area contributed by atoms with Gasteiger partial charge in [-0.25, -0.2) is 13.3 Å². The van der Waals surface area contributed by atoms with Crippen molar-refractivity contribution in [1.82, 2.24) is 10.2 Å². The van der Waals surface area contributed by atoms with E-state index in [0.29, 0.717) is 10.7 Å². The first-order chi connectivity index (χ1) is 16.1. The lowest BCUT2D eigenvalue weighted by atomic mass is 10.3. The number of rotatable bonds is 6. The van der Waals surface area contributed by atoms with Crippen molar-refractivity contribution in [3.63, 3.8) is 0 Å². The van der Waals surface area contributed by atoms with Gasteiger partial charge in [0, 0.05) is 10.7 Å². The SMILES string of the molecule is O=C1C(Cl)=C(Nc2ccc(S(=O)(=O)Nc3ccc(Cl)nn3)cc2)C(=O)N1c1ccc(Cl)cc1Cl. The second kappa shape index (κ2) is 9.40. The number of imide groups is 1. The van der Waals surface area contributed by atoms with Gasteiger partial charge in [-0.1, -0.05) is 46.4 Å². The molecule has 1 aliphatic rings. The molecule has 0 atom stereocenters. The molecule has 2 amide bonds. The average Bonchev–Trinajstić information content (AvgIpc) is 2.99. The van der Waals surface area contributed by atoms with Crippen LogP contribution in [0.1, 0.15) is 0 Å². The Bertz CT molecular complexity index is 1440. The van der Waals surface area contributed by atoms with Crippen LogP contribution in [0.3, 0.4) is 0 Å². The van der Waals surface area contributed by atoms with Gasteiger partial charge in [0.25, 0.3) is 21.8 Å². The number of amides is 2. The number of sulfonamides is 1. The van der Waals surface area contributed by atoms with Gasteiger partial charge in [-0.05, 0) is 54.6 Å². The average molecular weight is 559 g/mol. The molecule has 14 heteroatoms. The highest BCUT2D eigenvalue weighted by Crippen LogP contribution is 2.35. The third-order valence-electron chi connectivity index (χ3n) is 4.48. The molecule has 2 heterocycles. The Morgan fingerprint density at radius 1 is 0.824 bits per heavy atom. The molecule has 0 unspecified atom stereocenters. The number of aromatic nitrogens is 2. The van der Waals surface area contributed by atoms with E-state index in [-0.39, 0.29) is 37.3 Å². The quantitative estimate of drug-likeness (QED) is 0.421. The maximum absolute atomic E-state index is 12.9. The molecular weight excluding hydrogens is 548 g/mol. The Kier molecular flexibility index (Phi) is 6.70. The lowest BCUT2D eigenvalue weighted by Gasteiger charge is -2.16.